The Morgan fingerprint density at radius 2 is 0.840 bits per heavy atom. The molecule has 0 radical (unpaired) electrons. The van der Waals surface area contributed by atoms with Crippen LogP contribution in [0.25, 0.3) is 4.85 Å². The van der Waals surface area contributed by atoms with Crippen molar-refractivity contribution in [1.29, 1.82) is 0 Å². The van der Waals surface area contributed by atoms with Crippen molar-refractivity contribution in [2.24, 2.45) is 0 Å². The Bertz CT molecular complexity index is 3430. The summed E-state index contributed by atoms with van der Waals surface area (Å²) in [7, 11) is -3.37. The number of aldehydes is 1. The number of β-amino-alcohol motifs (C(OH)–C–C–N with tert-alkyl or cyclic N) is 2. The van der Waals surface area contributed by atoms with Gasteiger partial charge in [0.15, 0.2) is 5.69 Å². The van der Waals surface area contributed by atoms with Crippen molar-refractivity contribution in [3.63, 3.8) is 0 Å². The Hall–Kier alpha value is -7.10. The van der Waals surface area contributed by atoms with Crippen LogP contribution in [-0.4, -0.2) is 192 Å². The molecule has 0 atom stereocenters. The van der Waals surface area contributed by atoms with Crippen LogP contribution in [0, 0.1) is 6.57 Å². The summed E-state index contributed by atoms with van der Waals surface area (Å²) in [6, 6.07) is 39.5. The summed E-state index contributed by atoms with van der Waals surface area (Å²) in [4.78, 5) is 76.7. The van der Waals surface area contributed by atoms with Gasteiger partial charge in [-0.15, -0.1) is 12.4 Å². The zero-order chi connectivity index (χ0) is 65.5. The van der Waals surface area contributed by atoms with Gasteiger partial charge in [-0.3, -0.25) is 38.1 Å². The van der Waals surface area contributed by atoms with E-state index in [1.165, 1.54) is 16.7 Å². The number of ether oxygens (including phenoxy) is 1. The molecule has 8 fully saturated rings. The van der Waals surface area contributed by atoms with Gasteiger partial charge in [0, 0.05) is 153 Å². The van der Waals surface area contributed by atoms with Crippen LogP contribution in [0.2, 0.25) is 0 Å². The first kappa shape index (κ1) is 72.7. The number of para-hydroxylation sites is 4. The van der Waals surface area contributed by atoms with Gasteiger partial charge in [0.1, 0.15) is 24.2 Å². The van der Waals surface area contributed by atoms with Crippen LogP contribution >= 0.6 is 12.4 Å². The number of carbonyl (C=O) groups excluding carboxylic acids is 5. The van der Waals surface area contributed by atoms with E-state index in [1.54, 1.807) is 12.1 Å². The maximum Gasteiger partial charge on any atom is 0.264 e. The Kier molecular flexibility index (Phi) is 28.4. The molecule has 8 aliphatic heterocycles. The first-order chi connectivity index (χ1) is 45.1. The van der Waals surface area contributed by atoms with Gasteiger partial charge in [-0.1, -0.05) is 84.9 Å². The van der Waals surface area contributed by atoms with E-state index in [4.69, 9.17) is 20.6 Å². The standard InChI is InChI=1S/C23H25N3O2.C17H24N2O4S.C16H22N2O2.C13H15NO2.C3H7NO.ClH/c1-24-19-9-11-20(12-10-19)28-21-16-25(17-21)15-13-18-6-2-3-7-22(18)26-14-5-4-8-23(26)27;1-24(21,22)23-15-12-18(13-15)11-9-14-6-2-3-7-16(14)19-10-5-4-8-17(19)20;19-14-11-17(12-14)10-8-13-5-1-2-6-15(13)18-9-4-3-7-16(18)20;15-10-8-11-5-1-2-6-12(11)14-9-4-3-7-13(14)16;5-3-1-4-2-3;/h2-3,6-7,9-12,21H,4-5,8,13-17H2;2-3,6-7,15H,4-5,8-13H2,1H3;1-2,5-6,14,19H,3-4,7-12H2;1-2,5-6,10H,3-4,7-9H2;3-5H,1-2H2;1H. The summed E-state index contributed by atoms with van der Waals surface area (Å²) in [6.45, 7) is 19.2. The fourth-order valence-electron chi connectivity index (χ4n) is 12.7. The van der Waals surface area contributed by atoms with Gasteiger partial charge in [-0.25, -0.2) is 4.85 Å². The maximum atomic E-state index is 12.3. The van der Waals surface area contributed by atoms with Crippen LogP contribution in [-0.2, 0) is 64.0 Å². The average Bonchev–Trinajstić information content (AvgIpc) is 1.55. The lowest BCUT2D eigenvalue weighted by Gasteiger charge is -2.39. The highest BCUT2D eigenvalue weighted by Gasteiger charge is 2.32. The average molecular weight is 1330 g/mol. The second-order valence-corrected chi connectivity index (χ2v) is 26.8. The lowest BCUT2D eigenvalue weighted by atomic mass is 10.0. The predicted molar refractivity (Wildman–Crippen MR) is 370 cm³/mol. The summed E-state index contributed by atoms with van der Waals surface area (Å²) in [5.41, 5.74) is 9.31. The van der Waals surface area contributed by atoms with Crippen molar-refractivity contribution in [3.05, 3.63) is 155 Å². The van der Waals surface area contributed by atoms with Crippen LogP contribution < -0.4 is 29.7 Å². The number of aliphatic hydroxyl groups is 2. The van der Waals surface area contributed by atoms with Crippen molar-refractivity contribution < 1.29 is 51.5 Å². The molecular formula is C72H94ClN9O11S. The molecule has 5 aromatic rings. The molecule has 0 aliphatic carbocycles. The smallest absolute Gasteiger partial charge is 0.264 e. The molecule has 8 heterocycles. The highest BCUT2D eigenvalue weighted by atomic mass is 35.5. The van der Waals surface area contributed by atoms with Gasteiger partial charge in [0.25, 0.3) is 10.1 Å². The van der Waals surface area contributed by atoms with E-state index >= 15 is 0 Å². The number of hydrogen-bond donors (Lipinski definition) is 3. The highest BCUT2D eigenvalue weighted by Crippen LogP contribution is 2.31. The zero-order valence-corrected chi connectivity index (χ0v) is 55.9. The van der Waals surface area contributed by atoms with Crippen LogP contribution in [0.1, 0.15) is 99.3 Å². The lowest BCUT2D eigenvalue weighted by molar-refractivity contribution is -0.120. The SMILES string of the molecule is CS(=O)(=O)OC1CN(CCc2ccccc2N2CCCCC2=O)C1.Cl.O=C1CCCCN1c1ccccc1CCN1CC(O)C1.O=CCc1ccccc1N1CCCCC1=O.OC1CNC1.[C-]#[N+]c1ccc(OC2CN(CCc3ccccc3N3CCCCC3=O)C2)cc1. The fraction of sp³-hybridized carbons (Fsp3) is 0.500. The Labute approximate surface area is 561 Å². The van der Waals surface area contributed by atoms with Crippen molar-refractivity contribution >= 4 is 80.9 Å². The normalized spacial score (nSPS) is 19.1. The van der Waals surface area contributed by atoms with E-state index in [0.29, 0.717) is 50.9 Å². The quantitative estimate of drug-likeness (QED) is 0.0403. The number of amides is 4. The molecule has 0 aromatic heterocycles. The van der Waals surface area contributed by atoms with E-state index in [9.17, 15) is 37.5 Å². The molecule has 94 heavy (non-hydrogen) atoms. The first-order valence-electron chi connectivity index (χ1n) is 33.3. The van der Waals surface area contributed by atoms with Gasteiger partial charge in [-0.2, -0.15) is 8.42 Å². The van der Waals surface area contributed by atoms with Gasteiger partial charge < -0.3 is 44.7 Å². The van der Waals surface area contributed by atoms with Crippen LogP contribution in [0.15, 0.2) is 121 Å². The number of halogens is 1. The predicted octanol–water partition coefficient (Wildman–Crippen LogP) is 8.21. The number of aliphatic hydroxyl groups excluding tert-OH is 2. The van der Waals surface area contributed by atoms with E-state index in [0.717, 1.165) is 202 Å². The van der Waals surface area contributed by atoms with Gasteiger partial charge in [-0.05, 0) is 129 Å². The molecule has 0 unspecified atom stereocenters. The molecule has 0 saturated carbocycles. The number of hydrogen-bond acceptors (Lipinski definition) is 15. The third kappa shape index (κ3) is 21.7. The lowest BCUT2D eigenvalue weighted by Crippen LogP contribution is -2.54. The van der Waals surface area contributed by atoms with E-state index < -0.39 is 10.1 Å². The molecular weight excluding hydrogens is 1230 g/mol. The first-order valence-corrected chi connectivity index (χ1v) is 35.2. The molecule has 0 spiro atoms. The number of piperidine rings is 4. The van der Waals surface area contributed by atoms with E-state index in [-0.39, 0.29) is 60.5 Å². The van der Waals surface area contributed by atoms with Crippen molar-refractivity contribution in [2.45, 2.75) is 127 Å². The van der Waals surface area contributed by atoms with Crippen molar-refractivity contribution in [3.8, 4) is 5.75 Å². The van der Waals surface area contributed by atoms with Gasteiger partial charge in [0.2, 0.25) is 23.6 Å². The van der Waals surface area contributed by atoms with Crippen LogP contribution in [0.4, 0.5) is 28.4 Å². The number of benzene rings is 5. The minimum Gasteiger partial charge on any atom is -0.488 e. The monoisotopic (exact) mass is 1330 g/mol. The molecule has 22 heteroatoms. The number of nitrogens with one attached hydrogen (secondary N) is 1. The molecule has 5 aromatic carbocycles. The topological polar surface area (TPSA) is 217 Å². The molecule has 13 rings (SSSR count). The third-order valence-corrected chi connectivity index (χ3v) is 18.6. The van der Waals surface area contributed by atoms with E-state index in [1.807, 2.05) is 92.4 Å². The number of rotatable bonds is 19. The summed E-state index contributed by atoms with van der Waals surface area (Å²) in [6.07, 6.45) is 15.7. The minimum atomic E-state index is -3.37. The van der Waals surface area contributed by atoms with Gasteiger partial charge >= 0.3 is 0 Å². The molecule has 20 nitrogen and oxygen atoms in total. The maximum absolute atomic E-state index is 12.3. The minimum absolute atomic E-state index is 0. The molecule has 4 amide bonds. The second kappa shape index (κ2) is 36.7. The molecule has 8 aliphatic rings. The molecule has 506 valence electrons. The highest BCUT2D eigenvalue weighted by molar-refractivity contribution is 7.86. The van der Waals surface area contributed by atoms with E-state index in [2.05, 4.69) is 61.3 Å². The second-order valence-electron chi connectivity index (χ2n) is 25.2. The number of carbonyl (C=O) groups is 5. The van der Waals surface area contributed by atoms with Crippen LogP contribution in [0.3, 0.4) is 0 Å². The van der Waals surface area contributed by atoms with Crippen molar-refractivity contribution in [2.75, 3.05) is 124 Å². The zero-order valence-electron chi connectivity index (χ0n) is 54.3. The molecule has 8 saturated heterocycles. The number of anilines is 4. The summed E-state index contributed by atoms with van der Waals surface area (Å²) in [5, 5.41) is 20.6. The Morgan fingerprint density at radius 1 is 0.500 bits per heavy atom. The summed E-state index contributed by atoms with van der Waals surface area (Å²) in [5.74, 6) is 1.71. The van der Waals surface area contributed by atoms with Crippen LogP contribution in [0.5, 0.6) is 5.75 Å². The molecule has 3 N–H and O–H groups in total. The summed E-state index contributed by atoms with van der Waals surface area (Å²) >= 11 is 0. The van der Waals surface area contributed by atoms with Crippen molar-refractivity contribution in [1.82, 2.24) is 20.0 Å². The number of likely N-dealkylation sites (tertiary alicyclic amines) is 3. The summed E-state index contributed by atoms with van der Waals surface area (Å²) < 4.78 is 33.1. The fourth-order valence-corrected chi connectivity index (χ4v) is 13.3. The largest absolute Gasteiger partial charge is 0.488 e. The Balaban J connectivity index is 0.000000159. The van der Waals surface area contributed by atoms with Gasteiger partial charge in [0.05, 0.1) is 25.0 Å². The third-order valence-electron chi connectivity index (χ3n) is 17.9. The Morgan fingerprint density at radius 3 is 1.16 bits per heavy atom. The molecule has 0 bridgehead atoms. The number of nitrogens with zero attached hydrogens (tertiary/aromatic N) is 8.